The number of carbonyl (C=O) groups is 2. The number of rotatable bonds is 12. The van der Waals surface area contributed by atoms with E-state index in [0.717, 1.165) is 25.9 Å². The molecule has 2 aromatic carbocycles. The molecule has 0 saturated carbocycles. The molecule has 2 aromatic rings. The van der Waals surface area contributed by atoms with Crippen LogP contribution in [0, 0.1) is 0 Å². The first-order valence-corrected chi connectivity index (χ1v) is 10.6. The summed E-state index contributed by atoms with van der Waals surface area (Å²) in [5.74, 6) is -0.133. The van der Waals surface area contributed by atoms with Crippen molar-refractivity contribution in [3.8, 4) is 5.75 Å². The second-order valence-electron chi connectivity index (χ2n) is 6.90. The van der Waals surface area contributed by atoms with Gasteiger partial charge in [0.2, 0.25) is 0 Å². The Morgan fingerprint density at radius 1 is 0.967 bits per heavy atom. The van der Waals surface area contributed by atoms with Gasteiger partial charge in [-0.3, -0.25) is 4.79 Å². The number of hydrogen-bond donors (Lipinski definition) is 1. The molecule has 0 aromatic heterocycles. The lowest BCUT2D eigenvalue weighted by molar-refractivity contribution is 0.0466. The average Bonchev–Trinajstić information content (AvgIpc) is 2.77. The van der Waals surface area contributed by atoms with Gasteiger partial charge in [-0.25, -0.2) is 4.79 Å². The van der Waals surface area contributed by atoms with Crippen LogP contribution in [0.4, 0.5) is 5.69 Å². The number of likely N-dealkylation sites (N-methyl/N-ethyl adjacent to an activating group) is 1. The van der Waals surface area contributed by atoms with Gasteiger partial charge in [-0.15, -0.1) is 0 Å². The van der Waals surface area contributed by atoms with E-state index in [0.29, 0.717) is 42.3 Å². The van der Waals surface area contributed by atoms with Crippen LogP contribution in [0.1, 0.15) is 54.3 Å². The van der Waals surface area contributed by atoms with Crippen molar-refractivity contribution in [2.75, 3.05) is 38.2 Å². The number of carbonyl (C=O) groups excluding carboxylic acids is 2. The molecule has 0 aliphatic heterocycles. The number of ether oxygens (including phenoxy) is 2. The number of unbranched alkanes of at least 4 members (excludes halogenated alkanes) is 1. The predicted molar refractivity (Wildman–Crippen MR) is 119 cm³/mol. The first-order valence-electron chi connectivity index (χ1n) is 10.6. The minimum absolute atomic E-state index is 0.283. The quantitative estimate of drug-likeness (QED) is 0.407. The van der Waals surface area contributed by atoms with Crippen molar-refractivity contribution in [1.29, 1.82) is 0 Å². The van der Waals surface area contributed by atoms with Crippen molar-refractivity contribution in [3.63, 3.8) is 0 Å². The van der Waals surface area contributed by atoms with Gasteiger partial charge in [0, 0.05) is 12.2 Å². The average molecular weight is 413 g/mol. The zero-order chi connectivity index (χ0) is 21.8. The van der Waals surface area contributed by atoms with Gasteiger partial charge in [0.25, 0.3) is 5.91 Å². The molecule has 1 N–H and O–H groups in total. The maximum atomic E-state index is 12.7. The highest BCUT2D eigenvalue weighted by Crippen LogP contribution is 2.21. The van der Waals surface area contributed by atoms with Crippen LogP contribution in [-0.2, 0) is 4.74 Å². The number of anilines is 1. The molecule has 0 heterocycles. The summed E-state index contributed by atoms with van der Waals surface area (Å²) < 4.78 is 11.1. The van der Waals surface area contributed by atoms with Crippen LogP contribution in [-0.4, -0.2) is 49.6 Å². The molecule has 1 amide bonds. The highest BCUT2D eigenvalue weighted by molar-refractivity contribution is 6.06. The summed E-state index contributed by atoms with van der Waals surface area (Å²) >= 11 is 0. The summed E-state index contributed by atoms with van der Waals surface area (Å²) in [6.45, 7) is 9.66. The largest absolute Gasteiger partial charge is 0.493 e. The lowest BCUT2D eigenvalue weighted by Crippen LogP contribution is -2.27. The Labute approximate surface area is 179 Å². The number of benzene rings is 2. The van der Waals surface area contributed by atoms with E-state index in [9.17, 15) is 9.59 Å². The van der Waals surface area contributed by atoms with Crippen LogP contribution in [0.25, 0.3) is 0 Å². The normalized spacial score (nSPS) is 10.7. The molecule has 2 rings (SSSR count). The number of hydrogen-bond acceptors (Lipinski definition) is 5. The van der Waals surface area contributed by atoms with Gasteiger partial charge in [0.1, 0.15) is 12.4 Å². The minimum Gasteiger partial charge on any atom is -0.493 e. The molecular formula is C24H32N2O4. The molecule has 0 aliphatic rings. The molecule has 0 fully saturated rings. The Balaban J connectivity index is 2.00. The van der Waals surface area contributed by atoms with E-state index in [-0.39, 0.29) is 5.91 Å². The fraction of sp³-hybridized carbons (Fsp3) is 0.417. The Morgan fingerprint density at radius 2 is 1.73 bits per heavy atom. The standard InChI is InChI=1S/C24H32N2O4/c1-4-7-16-29-22-14-9-8-13-21(22)23(27)25-20-12-10-11-19(18-20)24(28)30-17-15-26(5-2)6-3/h8-14,18H,4-7,15-17H2,1-3H3,(H,25,27). The van der Waals surface area contributed by atoms with Gasteiger partial charge in [-0.2, -0.15) is 0 Å². The van der Waals surface area contributed by atoms with Gasteiger partial charge in [-0.05, 0) is 49.8 Å². The minimum atomic E-state index is -0.401. The molecule has 6 nitrogen and oxygen atoms in total. The second kappa shape index (κ2) is 12.6. The lowest BCUT2D eigenvalue weighted by Gasteiger charge is -2.17. The highest BCUT2D eigenvalue weighted by Gasteiger charge is 2.14. The highest BCUT2D eigenvalue weighted by atomic mass is 16.5. The van der Waals surface area contributed by atoms with Crippen molar-refractivity contribution >= 4 is 17.6 Å². The van der Waals surface area contributed by atoms with E-state index < -0.39 is 5.97 Å². The summed E-state index contributed by atoms with van der Waals surface area (Å²) in [5.41, 5.74) is 1.39. The molecule has 0 bridgehead atoms. The molecule has 0 aliphatic carbocycles. The maximum Gasteiger partial charge on any atom is 0.338 e. The van der Waals surface area contributed by atoms with Crippen LogP contribution in [0.15, 0.2) is 48.5 Å². The van der Waals surface area contributed by atoms with E-state index in [4.69, 9.17) is 9.47 Å². The Hall–Kier alpha value is -2.86. The first-order chi connectivity index (χ1) is 14.6. The number of nitrogens with one attached hydrogen (secondary N) is 1. The van der Waals surface area contributed by atoms with Gasteiger partial charge < -0.3 is 19.7 Å². The fourth-order valence-electron chi connectivity index (χ4n) is 2.92. The molecular weight excluding hydrogens is 380 g/mol. The molecule has 0 radical (unpaired) electrons. The number of amides is 1. The maximum absolute atomic E-state index is 12.7. The summed E-state index contributed by atoms with van der Waals surface area (Å²) in [7, 11) is 0. The first kappa shape index (κ1) is 23.4. The Bertz CT molecular complexity index is 818. The Morgan fingerprint density at radius 3 is 2.47 bits per heavy atom. The third-order valence-electron chi connectivity index (χ3n) is 4.78. The molecule has 6 heteroatoms. The van der Waals surface area contributed by atoms with Gasteiger partial charge in [0.05, 0.1) is 17.7 Å². The summed E-state index contributed by atoms with van der Waals surface area (Å²) in [6, 6.07) is 13.9. The predicted octanol–water partition coefficient (Wildman–Crippen LogP) is 4.62. The zero-order valence-electron chi connectivity index (χ0n) is 18.1. The van der Waals surface area contributed by atoms with Gasteiger partial charge >= 0.3 is 5.97 Å². The lowest BCUT2D eigenvalue weighted by atomic mass is 10.1. The van der Waals surface area contributed by atoms with Crippen molar-refractivity contribution in [2.24, 2.45) is 0 Å². The van der Waals surface area contributed by atoms with Gasteiger partial charge in [0.15, 0.2) is 0 Å². The second-order valence-corrected chi connectivity index (χ2v) is 6.90. The van der Waals surface area contributed by atoms with E-state index in [2.05, 4.69) is 31.0 Å². The summed E-state index contributed by atoms with van der Waals surface area (Å²) in [6.07, 6.45) is 1.94. The van der Waals surface area contributed by atoms with Crippen LogP contribution < -0.4 is 10.1 Å². The number of nitrogens with zero attached hydrogens (tertiary/aromatic N) is 1. The van der Waals surface area contributed by atoms with Crippen LogP contribution in [0.3, 0.4) is 0 Å². The Kier molecular flexibility index (Phi) is 9.87. The van der Waals surface area contributed by atoms with E-state index >= 15 is 0 Å². The van der Waals surface area contributed by atoms with Crippen molar-refractivity contribution in [3.05, 3.63) is 59.7 Å². The molecule has 162 valence electrons. The van der Waals surface area contributed by atoms with Crippen LogP contribution in [0.5, 0.6) is 5.75 Å². The van der Waals surface area contributed by atoms with Crippen molar-refractivity contribution < 1.29 is 19.1 Å². The molecule has 0 saturated heterocycles. The zero-order valence-corrected chi connectivity index (χ0v) is 18.1. The SMILES string of the molecule is CCCCOc1ccccc1C(=O)Nc1cccc(C(=O)OCCN(CC)CC)c1. The summed E-state index contributed by atoms with van der Waals surface area (Å²) in [4.78, 5) is 27.3. The van der Waals surface area contributed by atoms with Gasteiger partial charge in [-0.1, -0.05) is 45.4 Å². The van der Waals surface area contributed by atoms with Crippen molar-refractivity contribution in [2.45, 2.75) is 33.6 Å². The smallest absolute Gasteiger partial charge is 0.338 e. The van der Waals surface area contributed by atoms with Crippen LogP contribution in [0.2, 0.25) is 0 Å². The molecule has 0 spiro atoms. The summed E-state index contributed by atoms with van der Waals surface area (Å²) in [5, 5.41) is 2.84. The third-order valence-corrected chi connectivity index (χ3v) is 4.78. The molecule has 0 atom stereocenters. The monoisotopic (exact) mass is 412 g/mol. The topological polar surface area (TPSA) is 67.9 Å². The van der Waals surface area contributed by atoms with E-state index in [1.807, 2.05) is 6.07 Å². The molecule has 30 heavy (non-hydrogen) atoms. The molecule has 0 unspecified atom stereocenters. The number of para-hydroxylation sites is 1. The third kappa shape index (κ3) is 7.19. The van der Waals surface area contributed by atoms with E-state index in [1.165, 1.54) is 0 Å². The van der Waals surface area contributed by atoms with E-state index in [1.54, 1.807) is 42.5 Å². The van der Waals surface area contributed by atoms with Crippen LogP contribution >= 0.6 is 0 Å². The fourth-order valence-corrected chi connectivity index (χ4v) is 2.92. The van der Waals surface area contributed by atoms with Crippen molar-refractivity contribution in [1.82, 2.24) is 4.90 Å². The number of esters is 1.